The molecule has 2 bridgehead atoms. The molecule has 0 saturated heterocycles. The molecule has 4 rings (SSSR count). The van der Waals surface area contributed by atoms with Gasteiger partial charge in [0.2, 0.25) is 23.6 Å². The number of carbonyl (C=O) groups is 4. The molecule has 5 atom stereocenters. The van der Waals surface area contributed by atoms with Gasteiger partial charge in [0.1, 0.15) is 23.8 Å². The first-order chi connectivity index (χ1) is 19.7. The van der Waals surface area contributed by atoms with Crippen LogP contribution in [0.5, 0.6) is 0 Å². The maximum Gasteiger partial charge on any atom is 0.245 e. The summed E-state index contributed by atoms with van der Waals surface area (Å²) < 4.78 is 1.46. The highest BCUT2D eigenvalue weighted by atomic mass is 16.2. The molecule has 0 spiro atoms. The molecular weight excluding hydrogens is 524 g/mol. The zero-order chi connectivity index (χ0) is 29.5. The van der Waals surface area contributed by atoms with Crippen LogP contribution in [0, 0.1) is 5.92 Å². The van der Waals surface area contributed by atoms with E-state index in [0.29, 0.717) is 31.5 Å². The second-order valence-corrected chi connectivity index (χ2v) is 10.8. The van der Waals surface area contributed by atoms with Crippen molar-refractivity contribution in [2.75, 3.05) is 6.54 Å². The Hall–Kier alpha value is -4.22. The number of unbranched alkanes of at least 4 members (excludes halogenated alkanes) is 1. The highest BCUT2D eigenvalue weighted by Crippen LogP contribution is 2.25. The highest BCUT2D eigenvalue weighted by Gasteiger charge is 2.33. The van der Waals surface area contributed by atoms with Gasteiger partial charge < -0.3 is 26.3 Å². The molecule has 0 aliphatic carbocycles. The van der Waals surface area contributed by atoms with Gasteiger partial charge in [-0.05, 0) is 43.7 Å². The monoisotopic (exact) mass is 564 g/mol. The van der Waals surface area contributed by atoms with Crippen molar-refractivity contribution in [2.45, 2.75) is 84.0 Å². The molecule has 4 amide bonds. The molecule has 0 radical (unpaired) electrons. The standard InChI is InChI=1S/C29H40N8O4/c1-5-17(2)26-25-16-37(36-35-25)18(3)27(39)32-23(12-8-9-13-30-19(4)38)28(40)33-24(29(41)34-26)14-20-15-31-22-11-7-6-10-21(20)22/h6-7,10-11,15-18,23-24,26,31H,5,8-9,12-14H2,1-4H3,(H,30,38)(H,32,39)(H,33,40)(H,34,41)/t17-,18+,23-,24-,26-/m0/s1. The Morgan fingerprint density at radius 3 is 2.54 bits per heavy atom. The number of nitrogens with zero attached hydrogens (tertiary/aromatic N) is 3. The summed E-state index contributed by atoms with van der Waals surface area (Å²) in [6.07, 6.45) is 6.11. The van der Waals surface area contributed by atoms with Crippen LogP contribution >= 0.6 is 0 Å². The molecule has 1 aliphatic rings. The number of nitrogens with one attached hydrogen (secondary N) is 5. The first-order valence-corrected chi connectivity index (χ1v) is 14.3. The van der Waals surface area contributed by atoms with Gasteiger partial charge in [-0.2, -0.15) is 0 Å². The fraction of sp³-hybridized carbons (Fsp3) is 0.517. The molecule has 220 valence electrons. The fourth-order valence-electron chi connectivity index (χ4n) is 5.04. The largest absolute Gasteiger partial charge is 0.361 e. The Morgan fingerprint density at radius 2 is 1.78 bits per heavy atom. The summed E-state index contributed by atoms with van der Waals surface area (Å²) in [4.78, 5) is 55.2. The lowest BCUT2D eigenvalue weighted by Crippen LogP contribution is -2.55. The quantitative estimate of drug-likeness (QED) is 0.250. The van der Waals surface area contributed by atoms with E-state index in [1.165, 1.54) is 11.6 Å². The maximum atomic E-state index is 13.9. The number of carbonyl (C=O) groups excluding carboxylic acids is 4. The molecule has 12 heteroatoms. The number of benzene rings is 1. The second kappa shape index (κ2) is 13.4. The summed E-state index contributed by atoms with van der Waals surface area (Å²) in [5.74, 6) is -1.26. The van der Waals surface area contributed by atoms with E-state index >= 15 is 0 Å². The van der Waals surface area contributed by atoms with Crippen LogP contribution in [-0.2, 0) is 25.6 Å². The van der Waals surface area contributed by atoms with Gasteiger partial charge in [-0.1, -0.05) is 43.7 Å². The molecule has 2 aromatic heterocycles. The SMILES string of the molecule is CC[C@H](C)[C@@H]1NC(=O)[C@H](Cc2c[nH]c3ccccc23)NC(=O)[C@H](CCCCNC(C)=O)NC(=O)[C@@H](C)n2cc1nn2. The van der Waals surface area contributed by atoms with E-state index in [4.69, 9.17) is 0 Å². The van der Waals surface area contributed by atoms with Crippen molar-refractivity contribution in [3.63, 3.8) is 0 Å². The van der Waals surface area contributed by atoms with Gasteiger partial charge in [0, 0.05) is 37.0 Å². The van der Waals surface area contributed by atoms with Crippen molar-refractivity contribution in [2.24, 2.45) is 5.92 Å². The number of fused-ring (bicyclic) bond motifs is 3. The third kappa shape index (κ3) is 7.30. The smallest absolute Gasteiger partial charge is 0.245 e. The molecule has 1 aromatic carbocycles. The lowest BCUT2D eigenvalue weighted by atomic mass is 9.95. The third-order valence-electron chi connectivity index (χ3n) is 7.79. The van der Waals surface area contributed by atoms with Crippen LogP contribution in [-0.4, -0.2) is 62.2 Å². The number of hydrogen-bond donors (Lipinski definition) is 5. The molecule has 3 aromatic rings. The van der Waals surface area contributed by atoms with Crippen LogP contribution < -0.4 is 21.3 Å². The van der Waals surface area contributed by atoms with Crippen molar-refractivity contribution in [1.29, 1.82) is 0 Å². The minimum absolute atomic E-state index is 0.0270. The number of para-hydroxylation sites is 1. The predicted octanol–water partition coefficient (Wildman–Crippen LogP) is 2.06. The molecule has 0 fully saturated rings. The van der Waals surface area contributed by atoms with Crippen LogP contribution in [0.2, 0.25) is 0 Å². The molecule has 1 aliphatic heterocycles. The van der Waals surface area contributed by atoms with Crippen LogP contribution in [0.25, 0.3) is 10.9 Å². The molecule has 41 heavy (non-hydrogen) atoms. The summed E-state index contributed by atoms with van der Waals surface area (Å²) in [6, 6.07) is 4.83. The van der Waals surface area contributed by atoms with Crippen molar-refractivity contribution in [3.05, 3.63) is 47.9 Å². The topological polar surface area (TPSA) is 163 Å². The zero-order valence-electron chi connectivity index (χ0n) is 24.1. The van der Waals surface area contributed by atoms with Crippen LogP contribution in [0.1, 0.15) is 76.7 Å². The third-order valence-corrected chi connectivity index (χ3v) is 7.79. The van der Waals surface area contributed by atoms with Gasteiger partial charge in [0.15, 0.2) is 0 Å². The summed E-state index contributed by atoms with van der Waals surface area (Å²) >= 11 is 0. The lowest BCUT2D eigenvalue weighted by Gasteiger charge is -2.27. The Kier molecular flexibility index (Phi) is 9.74. The maximum absolute atomic E-state index is 13.9. The Bertz CT molecular complexity index is 1380. The van der Waals surface area contributed by atoms with Crippen molar-refractivity contribution in [3.8, 4) is 0 Å². The fourth-order valence-corrected chi connectivity index (χ4v) is 5.04. The molecule has 0 unspecified atom stereocenters. The summed E-state index contributed by atoms with van der Waals surface area (Å²) in [5.41, 5.74) is 2.38. The van der Waals surface area contributed by atoms with Crippen LogP contribution in [0.15, 0.2) is 36.7 Å². The van der Waals surface area contributed by atoms with E-state index in [-0.39, 0.29) is 30.1 Å². The molecule has 0 saturated carbocycles. The first kappa shape index (κ1) is 29.8. The second-order valence-electron chi connectivity index (χ2n) is 10.8. The van der Waals surface area contributed by atoms with Crippen molar-refractivity contribution in [1.82, 2.24) is 41.2 Å². The number of H-pyrrole nitrogens is 1. The molecule has 12 nitrogen and oxygen atoms in total. The zero-order valence-corrected chi connectivity index (χ0v) is 24.1. The average Bonchev–Trinajstić information content (AvgIpc) is 3.61. The molecule has 3 heterocycles. The minimum atomic E-state index is -0.903. The minimum Gasteiger partial charge on any atom is -0.361 e. The van der Waals surface area contributed by atoms with Gasteiger partial charge in [-0.3, -0.25) is 19.2 Å². The number of hydrogen-bond acceptors (Lipinski definition) is 6. The van der Waals surface area contributed by atoms with Gasteiger partial charge in [-0.25, -0.2) is 4.68 Å². The Labute approximate surface area is 239 Å². The van der Waals surface area contributed by atoms with Gasteiger partial charge in [0.05, 0.1) is 12.2 Å². The normalized spacial score (nSPS) is 22.5. The van der Waals surface area contributed by atoms with Crippen molar-refractivity contribution >= 4 is 34.5 Å². The number of aromatic nitrogens is 4. The summed E-state index contributed by atoms with van der Waals surface area (Å²) in [5, 5.41) is 21.1. The number of amides is 4. The van der Waals surface area contributed by atoms with E-state index in [2.05, 4.69) is 36.6 Å². The van der Waals surface area contributed by atoms with Crippen molar-refractivity contribution < 1.29 is 19.2 Å². The van der Waals surface area contributed by atoms with E-state index in [0.717, 1.165) is 22.9 Å². The Balaban J connectivity index is 1.65. The highest BCUT2D eigenvalue weighted by molar-refractivity contribution is 5.93. The van der Waals surface area contributed by atoms with E-state index < -0.39 is 30.1 Å². The van der Waals surface area contributed by atoms with E-state index in [1.54, 1.807) is 13.1 Å². The van der Waals surface area contributed by atoms with E-state index in [9.17, 15) is 19.2 Å². The number of aromatic amines is 1. The van der Waals surface area contributed by atoms with Gasteiger partial charge in [0.25, 0.3) is 0 Å². The van der Waals surface area contributed by atoms with Gasteiger partial charge >= 0.3 is 0 Å². The average molecular weight is 565 g/mol. The predicted molar refractivity (Wildman–Crippen MR) is 153 cm³/mol. The molecular formula is C29H40N8O4. The van der Waals surface area contributed by atoms with Crippen LogP contribution in [0.4, 0.5) is 0 Å². The van der Waals surface area contributed by atoms with E-state index in [1.807, 2.05) is 44.3 Å². The van der Waals surface area contributed by atoms with Gasteiger partial charge in [-0.15, -0.1) is 5.10 Å². The summed E-state index contributed by atoms with van der Waals surface area (Å²) in [6.45, 7) is 7.65. The first-order valence-electron chi connectivity index (χ1n) is 14.3. The van der Waals surface area contributed by atoms with Crippen LogP contribution in [0.3, 0.4) is 0 Å². The lowest BCUT2D eigenvalue weighted by molar-refractivity contribution is -0.133. The Morgan fingerprint density at radius 1 is 1.05 bits per heavy atom. The molecule has 5 N–H and O–H groups in total. The summed E-state index contributed by atoms with van der Waals surface area (Å²) in [7, 11) is 0. The number of rotatable bonds is 9.